The molecule has 6 heteroatoms. The zero-order valence-corrected chi connectivity index (χ0v) is 15.6. The van der Waals surface area contributed by atoms with Gasteiger partial charge in [-0.15, -0.1) is 0 Å². The molecule has 1 saturated heterocycles. The van der Waals surface area contributed by atoms with Crippen molar-refractivity contribution in [2.75, 3.05) is 6.61 Å². The van der Waals surface area contributed by atoms with E-state index in [2.05, 4.69) is 0 Å². The first-order valence-electron chi connectivity index (χ1n) is 8.92. The first kappa shape index (κ1) is 19.7. The first-order chi connectivity index (χ1) is 11.9. The molecule has 0 aromatic heterocycles. The van der Waals surface area contributed by atoms with Crippen molar-refractivity contribution in [3.63, 3.8) is 0 Å². The van der Waals surface area contributed by atoms with Gasteiger partial charge in [0.15, 0.2) is 6.29 Å². The fourth-order valence-corrected chi connectivity index (χ4v) is 2.47. The molecule has 1 heterocycles. The molecule has 1 aromatic rings. The Hall–Kier alpha value is -1.63. The number of amides is 1. The van der Waals surface area contributed by atoms with E-state index < -0.39 is 18.0 Å². The third-order valence-corrected chi connectivity index (χ3v) is 3.66. The number of hydrogen-bond donors (Lipinski definition) is 0. The van der Waals surface area contributed by atoms with Crippen LogP contribution >= 0.6 is 0 Å². The van der Waals surface area contributed by atoms with Crippen LogP contribution in [0, 0.1) is 0 Å². The molecule has 2 rings (SSSR count). The third-order valence-electron chi connectivity index (χ3n) is 3.66. The van der Waals surface area contributed by atoms with E-state index in [0.717, 1.165) is 23.6 Å². The lowest BCUT2D eigenvalue weighted by atomic mass is 10.1. The molecule has 1 fully saturated rings. The van der Waals surface area contributed by atoms with Gasteiger partial charge in [0.2, 0.25) is 0 Å². The van der Waals surface area contributed by atoms with Crippen molar-refractivity contribution in [2.24, 2.45) is 0 Å². The maximum Gasteiger partial charge on any atom is 0.460 e. The molecule has 1 aromatic carbocycles. The van der Waals surface area contributed by atoms with Gasteiger partial charge in [-0.1, -0.05) is 37.3 Å². The zero-order valence-electron chi connectivity index (χ0n) is 15.6. The van der Waals surface area contributed by atoms with Crippen molar-refractivity contribution >= 4 is 6.09 Å². The summed E-state index contributed by atoms with van der Waals surface area (Å²) >= 11 is 0. The van der Waals surface area contributed by atoms with Crippen LogP contribution in [-0.2, 0) is 19.1 Å². The van der Waals surface area contributed by atoms with E-state index in [1.807, 2.05) is 37.3 Å². The van der Waals surface area contributed by atoms with Crippen molar-refractivity contribution in [1.29, 1.82) is 0 Å². The van der Waals surface area contributed by atoms with Gasteiger partial charge in [-0.25, -0.2) is 14.5 Å². The Labute approximate surface area is 149 Å². The topological polar surface area (TPSA) is 57.2 Å². The molecule has 0 bridgehead atoms. The Balaban J connectivity index is 2.10. The van der Waals surface area contributed by atoms with Crippen LogP contribution in [0.3, 0.4) is 0 Å². The van der Waals surface area contributed by atoms with Gasteiger partial charge < -0.3 is 9.47 Å². The van der Waals surface area contributed by atoms with Gasteiger partial charge in [-0.3, -0.25) is 0 Å². The highest BCUT2D eigenvalue weighted by molar-refractivity contribution is 5.65. The smallest absolute Gasteiger partial charge is 0.441 e. The van der Waals surface area contributed by atoms with Crippen molar-refractivity contribution in [2.45, 2.75) is 71.4 Å². The lowest BCUT2D eigenvalue weighted by Crippen LogP contribution is -2.41. The van der Waals surface area contributed by atoms with E-state index in [0.29, 0.717) is 19.4 Å². The van der Waals surface area contributed by atoms with Crippen LogP contribution in [0.4, 0.5) is 4.79 Å². The summed E-state index contributed by atoms with van der Waals surface area (Å²) in [6.45, 7) is 8.00. The van der Waals surface area contributed by atoms with Crippen molar-refractivity contribution in [1.82, 2.24) is 5.23 Å². The summed E-state index contributed by atoms with van der Waals surface area (Å²) < 4.78 is 11.0. The lowest BCUT2D eigenvalue weighted by Gasteiger charge is -2.31. The molecule has 0 N–H and O–H groups in total. The van der Waals surface area contributed by atoms with Gasteiger partial charge in [0, 0.05) is 13.0 Å². The third kappa shape index (κ3) is 6.65. The van der Waals surface area contributed by atoms with Gasteiger partial charge in [0.25, 0.3) is 0 Å². The number of carbonyl (C=O) groups is 1. The van der Waals surface area contributed by atoms with E-state index >= 15 is 0 Å². The van der Waals surface area contributed by atoms with Crippen LogP contribution in [0.5, 0.6) is 0 Å². The first-order valence-corrected chi connectivity index (χ1v) is 8.92. The largest absolute Gasteiger partial charge is 0.460 e. The molecule has 25 heavy (non-hydrogen) atoms. The monoisotopic (exact) mass is 351 g/mol. The molecule has 0 saturated carbocycles. The summed E-state index contributed by atoms with van der Waals surface area (Å²) in [7, 11) is 0. The highest BCUT2D eigenvalue weighted by Gasteiger charge is 2.30. The zero-order chi connectivity index (χ0) is 18.3. The summed E-state index contributed by atoms with van der Waals surface area (Å²) in [4.78, 5) is 24.0. The van der Waals surface area contributed by atoms with Gasteiger partial charge in [0.1, 0.15) is 11.7 Å². The molecular formula is C19H29NO5. The standard InChI is InChI=1S/C19H29NO5/c1-5-16(15-11-7-6-8-12-15)24-20(18(21)23-19(2,3)4)25-17-13-9-10-14-22-17/h6-8,11-12,16-17H,5,9-10,13-14H2,1-4H3. The molecule has 140 valence electrons. The molecule has 0 radical (unpaired) electrons. The molecule has 6 nitrogen and oxygen atoms in total. The number of rotatable bonds is 6. The Morgan fingerprint density at radius 3 is 2.56 bits per heavy atom. The Kier molecular flexibility index (Phi) is 7.23. The second kappa shape index (κ2) is 9.17. The fraction of sp³-hybridized carbons (Fsp3) is 0.632. The number of benzene rings is 1. The SMILES string of the molecule is CCC(ON(OC1CCCCO1)C(=O)OC(C)(C)C)c1ccccc1. The maximum absolute atomic E-state index is 12.5. The fourth-order valence-electron chi connectivity index (χ4n) is 2.47. The average Bonchev–Trinajstić information content (AvgIpc) is 2.58. The van der Waals surface area contributed by atoms with Crippen molar-refractivity contribution in [3.8, 4) is 0 Å². The average molecular weight is 351 g/mol. The van der Waals surface area contributed by atoms with Gasteiger partial charge >= 0.3 is 6.09 Å². The Bertz CT molecular complexity index is 522. The lowest BCUT2D eigenvalue weighted by molar-refractivity contribution is -0.411. The van der Waals surface area contributed by atoms with E-state index in [9.17, 15) is 4.79 Å². The van der Waals surface area contributed by atoms with Gasteiger partial charge in [0.05, 0.1) is 0 Å². The second-order valence-corrected chi connectivity index (χ2v) is 7.05. The number of nitrogens with zero attached hydrogens (tertiary/aromatic N) is 1. The number of ether oxygens (including phenoxy) is 2. The second-order valence-electron chi connectivity index (χ2n) is 7.05. The minimum Gasteiger partial charge on any atom is -0.441 e. The van der Waals surface area contributed by atoms with Crippen LogP contribution in [0.1, 0.15) is 65.0 Å². The maximum atomic E-state index is 12.5. The van der Waals surface area contributed by atoms with Crippen LogP contribution in [0.25, 0.3) is 0 Å². The molecule has 1 amide bonds. The normalized spacial score (nSPS) is 19.3. The summed E-state index contributed by atoms with van der Waals surface area (Å²) in [6, 6.07) is 9.72. The minimum absolute atomic E-state index is 0.322. The van der Waals surface area contributed by atoms with Crippen LogP contribution in [0.2, 0.25) is 0 Å². The Morgan fingerprint density at radius 1 is 1.28 bits per heavy atom. The van der Waals surface area contributed by atoms with E-state index in [1.54, 1.807) is 20.8 Å². The van der Waals surface area contributed by atoms with Crippen LogP contribution < -0.4 is 0 Å². The number of hydrogen-bond acceptors (Lipinski definition) is 5. The summed E-state index contributed by atoms with van der Waals surface area (Å²) in [5, 5.41) is 0.850. The highest BCUT2D eigenvalue weighted by atomic mass is 17.0. The number of carbonyl (C=O) groups excluding carboxylic acids is 1. The number of hydroxylamine groups is 2. The molecular weight excluding hydrogens is 322 g/mol. The summed E-state index contributed by atoms with van der Waals surface area (Å²) in [6.07, 6.45) is 1.86. The molecule has 0 aliphatic carbocycles. The Morgan fingerprint density at radius 2 is 2.00 bits per heavy atom. The van der Waals surface area contributed by atoms with E-state index in [4.69, 9.17) is 19.1 Å². The predicted molar refractivity (Wildman–Crippen MR) is 93.3 cm³/mol. The molecule has 0 spiro atoms. The highest BCUT2D eigenvalue weighted by Crippen LogP contribution is 2.25. The van der Waals surface area contributed by atoms with Crippen molar-refractivity contribution < 1.29 is 23.9 Å². The summed E-state index contributed by atoms with van der Waals surface area (Å²) in [5.74, 6) is 0. The minimum atomic E-state index is -0.684. The quantitative estimate of drug-likeness (QED) is 0.691. The summed E-state index contributed by atoms with van der Waals surface area (Å²) in [5.41, 5.74) is 0.316. The van der Waals surface area contributed by atoms with E-state index in [-0.39, 0.29) is 6.10 Å². The van der Waals surface area contributed by atoms with Gasteiger partial charge in [-0.2, -0.15) is 0 Å². The van der Waals surface area contributed by atoms with Crippen LogP contribution in [-0.4, -0.2) is 29.8 Å². The van der Waals surface area contributed by atoms with Crippen LogP contribution in [0.15, 0.2) is 30.3 Å². The van der Waals surface area contributed by atoms with Crippen molar-refractivity contribution in [3.05, 3.63) is 35.9 Å². The molecule has 1 aliphatic rings. The van der Waals surface area contributed by atoms with Gasteiger partial charge in [-0.05, 0) is 50.8 Å². The molecule has 2 unspecified atom stereocenters. The molecule has 1 aliphatic heterocycles. The van der Waals surface area contributed by atoms with E-state index in [1.165, 1.54) is 0 Å². The molecule has 2 atom stereocenters. The predicted octanol–water partition coefficient (Wildman–Crippen LogP) is 4.76.